The Labute approximate surface area is 96.1 Å². The van der Waals surface area contributed by atoms with Crippen LogP contribution in [0.4, 0.5) is 0 Å². The number of methoxy groups -OCH3 is 1. The zero-order valence-corrected chi connectivity index (χ0v) is 9.99. The molecule has 0 aromatic rings. The molecule has 2 rings (SSSR count). The largest absolute Gasteiger partial charge is 0.378 e. The molecule has 5 heteroatoms. The van der Waals surface area contributed by atoms with Crippen molar-refractivity contribution in [3.8, 4) is 0 Å². The summed E-state index contributed by atoms with van der Waals surface area (Å²) in [5, 5.41) is 3.20. The molecule has 2 heterocycles. The molecule has 2 aliphatic heterocycles. The summed E-state index contributed by atoms with van der Waals surface area (Å²) >= 11 is 0. The van der Waals surface area contributed by atoms with E-state index < -0.39 is 0 Å². The number of hydrogen-bond acceptors (Lipinski definition) is 4. The maximum atomic E-state index is 11.9. The lowest BCUT2D eigenvalue weighted by Gasteiger charge is -2.30. The number of ether oxygens (including phenoxy) is 2. The topological polar surface area (TPSA) is 50.8 Å². The fourth-order valence-corrected chi connectivity index (χ4v) is 2.35. The van der Waals surface area contributed by atoms with Gasteiger partial charge in [-0.2, -0.15) is 0 Å². The van der Waals surface area contributed by atoms with Crippen molar-refractivity contribution in [1.29, 1.82) is 0 Å². The van der Waals surface area contributed by atoms with Gasteiger partial charge in [0.25, 0.3) is 0 Å². The van der Waals surface area contributed by atoms with Crippen LogP contribution in [-0.4, -0.2) is 56.0 Å². The molecule has 2 aliphatic rings. The Kier molecular flexibility index (Phi) is 3.47. The average molecular weight is 228 g/mol. The molecule has 2 fully saturated rings. The number of carbonyl (C=O) groups is 1. The molecule has 0 aromatic carbocycles. The van der Waals surface area contributed by atoms with Gasteiger partial charge in [0, 0.05) is 20.1 Å². The number of carbonyl (C=O) groups excluding carboxylic acids is 1. The van der Waals surface area contributed by atoms with Crippen LogP contribution in [0.2, 0.25) is 0 Å². The van der Waals surface area contributed by atoms with E-state index in [1.165, 1.54) is 0 Å². The van der Waals surface area contributed by atoms with Crippen molar-refractivity contribution in [3.05, 3.63) is 0 Å². The summed E-state index contributed by atoms with van der Waals surface area (Å²) in [7, 11) is 1.69. The second kappa shape index (κ2) is 4.69. The third-order valence-corrected chi connectivity index (χ3v) is 3.53. The monoisotopic (exact) mass is 228 g/mol. The van der Waals surface area contributed by atoms with Crippen molar-refractivity contribution < 1.29 is 14.3 Å². The van der Waals surface area contributed by atoms with Crippen LogP contribution in [0.5, 0.6) is 0 Å². The minimum atomic E-state index is -0.292. The Morgan fingerprint density at radius 2 is 2.50 bits per heavy atom. The van der Waals surface area contributed by atoms with Gasteiger partial charge in [-0.15, -0.1) is 0 Å². The first-order chi connectivity index (χ1) is 7.71. The summed E-state index contributed by atoms with van der Waals surface area (Å²) in [6.07, 6.45) is 1.70. The fraction of sp³-hybridized carbons (Fsp3) is 0.909. The molecule has 0 aliphatic carbocycles. The Balaban J connectivity index is 1.97. The average Bonchev–Trinajstić information content (AvgIpc) is 2.89. The normalized spacial score (nSPS) is 35.0. The molecule has 0 bridgehead atoms. The molecular formula is C11H20N2O3. The first kappa shape index (κ1) is 11.8. The second-order valence-electron chi connectivity index (χ2n) is 4.55. The van der Waals surface area contributed by atoms with Crippen LogP contribution in [0, 0.1) is 0 Å². The first-order valence-corrected chi connectivity index (χ1v) is 5.86. The number of nitrogens with one attached hydrogen (secondary N) is 1. The van der Waals surface area contributed by atoms with Crippen LogP contribution >= 0.6 is 0 Å². The van der Waals surface area contributed by atoms with Crippen molar-refractivity contribution in [1.82, 2.24) is 10.2 Å². The second-order valence-corrected chi connectivity index (χ2v) is 4.55. The van der Waals surface area contributed by atoms with E-state index in [-0.39, 0.29) is 17.6 Å². The minimum absolute atomic E-state index is 0.0174. The molecular weight excluding hydrogens is 208 g/mol. The van der Waals surface area contributed by atoms with E-state index in [9.17, 15) is 4.79 Å². The van der Waals surface area contributed by atoms with Crippen molar-refractivity contribution in [2.75, 3.05) is 33.5 Å². The van der Waals surface area contributed by atoms with Crippen molar-refractivity contribution in [2.24, 2.45) is 0 Å². The zero-order chi connectivity index (χ0) is 11.6. The molecule has 2 saturated heterocycles. The molecule has 2 atom stereocenters. The highest BCUT2D eigenvalue weighted by molar-refractivity contribution is 5.83. The van der Waals surface area contributed by atoms with Gasteiger partial charge in [-0.25, -0.2) is 0 Å². The highest BCUT2D eigenvalue weighted by Crippen LogP contribution is 2.24. The summed E-state index contributed by atoms with van der Waals surface area (Å²) in [5.41, 5.74) is -0.292. The smallest absolute Gasteiger partial charge is 0.240 e. The Morgan fingerprint density at radius 1 is 1.69 bits per heavy atom. The van der Waals surface area contributed by atoms with Gasteiger partial charge < -0.3 is 14.4 Å². The number of amides is 1. The summed E-state index contributed by atoms with van der Waals surface area (Å²) in [6.45, 7) is 4.59. The van der Waals surface area contributed by atoms with Gasteiger partial charge in [0.2, 0.25) is 5.91 Å². The van der Waals surface area contributed by atoms with Gasteiger partial charge in [-0.1, -0.05) is 6.92 Å². The van der Waals surface area contributed by atoms with Crippen LogP contribution in [0.15, 0.2) is 0 Å². The van der Waals surface area contributed by atoms with Gasteiger partial charge in [-0.05, 0) is 6.42 Å². The molecule has 5 nitrogen and oxygen atoms in total. The molecule has 1 N–H and O–H groups in total. The lowest BCUT2D eigenvalue weighted by molar-refractivity contribution is -0.133. The first-order valence-electron chi connectivity index (χ1n) is 5.86. The van der Waals surface area contributed by atoms with Crippen LogP contribution in [0.3, 0.4) is 0 Å². The molecule has 2 unspecified atom stereocenters. The van der Waals surface area contributed by atoms with E-state index >= 15 is 0 Å². The number of rotatable bonds is 4. The Morgan fingerprint density at radius 3 is 3.00 bits per heavy atom. The highest BCUT2D eigenvalue weighted by atomic mass is 16.5. The minimum Gasteiger partial charge on any atom is -0.378 e. The van der Waals surface area contributed by atoms with Gasteiger partial charge in [0.15, 0.2) is 0 Å². The zero-order valence-electron chi connectivity index (χ0n) is 9.99. The molecule has 0 radical (unpaired) electrons. The molecule has 0 aromatic heterocycles. The van der Waals surface area contributed by atoms with Crippen molar-refractivity contribution in [2.45, 2.75) is 31.4 Å². The van der Waals surface area contributed by atoms with E-state index in [1.54, 1.807) is 7.11 Å². The van der Waals surface area contributed by atoms with Crippen LogP contribution in [-0.2, 0) is 14.3 Å². The van der Waals surface area contributed by atoms with Gasteiger partial charge in [0.05, 0.1) is 25.9 Å². The quantitative estimate of drug-likeness (QED) is 0.733. The fourth-order valence-electron chi connectivity index (χ4n) is 2.35. The molecule has 0 saturated carbocycles. The van der Waals surface area contributed by atoms with Crippen molar-refractivity contribution in [3.63, 3.8) is 0 Å². The summed E-state index contributed by atoms with van der Waals surface area (Å²) in [4.78, 5) is 13.8. The third-order valence-electron chi connectivity index (χ3n) is 3.53. The maximum Gasteiger partial charge on any atom is 0.240 e. The predicted molar refractivity (Wildman–Crippen MR) is 59.0 cm³/mol. The van der Waals surface area contributed by atoms with E-state index in [1.807, 2.05) is 11.8 Å². The Hall–Kier alpha value is -0.650. The SMILES string of the molecule is CCC1NCN(CC2(OC)CCOC2)C1=O. The van der Waals surface area contributed by atoms with Crippen LogP contribution in [0.1, 0.15) is 19.8 Å². The van der Waals surface area contributed by atoms with Gasteiger partial charge in [0.1, 0.15) is 5.60 Å². The molecule has 1 amide bonds. The van der Waals surface area contributed by atoms with Crippen LogP contribution < -0.4 is 5.32 Å². The van der Waals surface area contributed by atoms with E-state index in [4.69, 9.17) is 9.47 Å². The lowest BCUT2D eigenvalue weighted by atomic mass is 10.0. The molecule has 0 spiro atoms. The summed E-state index contributed by atoms with van der Waals surface area (Å²) in [6, 6.07) is -0.0174. The Bertz CT molecular complexity index is 264. The van der Waals surface area contributed by atoms with E-state index in [0.29, 0.717) is 19.8 Å². The van der Waals surface area contributed by atoms with E-state index in [2.05, 4.69) is 5.32 Å². The molecule has 16 heavy (non-hydrogen) atoms. The molecule has 92 valence electrons. The van der Waals surface area contributed by atoms with Crippen molar-refractivity contribution >= 4 is 5.91 Å². The standard InChI is InChI=1S/C11H20N2O3/c1-3-9-10(14)13(8-12-9)6-11(15-2)4-5-16-7-11/h9,12H,3-8H2,1-2H3. The number of hydrogen-bond donors (Lipinski definition) is 1. The summed E-state index contributed by atoms with van der Waals surface area (Å²) in [5.74, 6) is 0.186. The van der Waals surface area contributed by atoms with E-state index in [0.717, 1.165) is 19.4 Å². The maximum absolute atomic E-state index is 11.9. The lowest BCUT2D eigenvalue weighted by Crippen LogP contribution is -2.46. The predicted octanol–water partition coefficient (Wildman–Crippen LogP) is -0.0402. The number of nitrogens with zero attached hydrogens (tertiary/aromatic N) is 1. The van der Waals surface area contributed by atoms with Gasteiger partial charge >= 0.3 is 0 Å². The van der Waals surface area contributed by atoms with Gasteiger partial charge in [-0.3, -0.25) is 10.1 Å². The highest BCUT2D eigenvalue weighted by Gasteiger charge is 2.40. The third kappa shape index (κ3) is 2.07. The summed E-state index contributed by atoms with van der Waals surface area (Å²) < 4.78 is 10.9. The van der Waals surface area contributed by atoms with Crippen LogP contribution in [0.25, 0.3) is 0 Å².